The average molecular weight is 184 g/mol. The quantitative estimate of drug-likeness (QED) is 0.443. The number of imide groups is 1. The van der Waals surface area contributed by atoms with Crippen LogP contribution < -0.4 is 5.32 Å². The minimum absolute atomic E-state index is 0.0776. The molecular weight excluding hydrogens is 176 g/mol. The van der Waals surface area contributed by atoms with Crippen molar-refractivity contribution in [3.05, 3.63) is 12.2 Å². The fraction of sp³-hybridized carbons (Fsp3) is 0.286. The molecule has 6 nitrogen and oxygen atoms in total. The topological polar surface area (TPSA) is 86.7 Å². The molecule has 0 unspecified atom stereocenters. The third-order valence-electron chi connectivity index (χ3n) is 1.59. The van der Waals surface area contributed by atoms with Gasteiger partial charge >= 0.3 is 12.0 Å². The number of carboxylic acid groups (broad SMARTS) is 1. The van der Waals surface area contributed by atoms with Crippen molar-refractivity contribution in [2.45, 2.75) is 0 Å². The van der Waals surface area contributed by atoms with E-state index in [9.17, 15) is 14.4 Å². The molecule has 2 N–H and O–H groups in total. The highest BCUT2D eigenvalue weighted by atomic mass is 16.4. The van der Waals surface area contributed by atoms with Crippen LogP contribution in [0.25, 0.3) is 0 Å². The van der Waals surface area contributed by atoms with E-state index in [0.717, 1.165) is 4.90 Å². The molecule has 0 aromatic carbocycles. The first-order valence-corrected chi connectivity index (χ1v) is 3.51. The van der Waals surface area contributed by atoms with Crippen LogP contribution in [0, 0.1) is 0 Å². The number of carbonyl (C=O) groups is 3. The maximum Gasteiger partial charge on any atom is 0.332 e. The summed E-state index contributed by atoms with van der Waals surface area (Å²) < 4.78 is 0. The molecule has 0 spiro atoms. The van der Waals surface area contributed by atoms with Gasteiger partial charge in [0.2, 0.25) is 5.91 Å². The van der Waals surface area contributed by atoms with Crippen molar-refractivity contribution in [3.63, 3.8) is 0 Å². The summed E-state index contributed by atoms with van der Waals surface area (Å²) in [5, 5.41) is 10.7. The lowest BCUT2D eigenvalue weighted by Crippen LogP contribution is -2.33. The van der Waals surface area contributed by atoms with Gasteiger partial charge in [-0.15, -0.1) is 0 Å². The smallest absolute Gasteiger partial charge is 0.332 e. The van der Waals surface area contributed by atoms with E-state index in [1.165, 1.54) is 0 Å². The maximum absolute atomic E-state index is 11.0. The van der Waals surface area contributed by atoms with Gasteiger partial charge in [0, 0.05) is 5.57 Å². The van der Waals surface area contributed by atoms with Crippen molar-refractivity contribution in [1.82, 2.24) is 10.2 Å². The maximum atomic E-state index is 11.0. The molecule has 0 bridgehead atoms. The molecule has 3 amide bonds. The average Bonchev–Trinajstić information content (AvgIpc) is 2.35. The molecule has 70 valence electrons. The second-order valence-corrected chi connectivity index (χ2v) is 2.55. The van der Waals surface area contributed by atoms with E-state index in [2.05, 4.69) is 11.9 Å². The predicted molar refractivity (Wildman–Crippen MR) is 41.9 cm³/mol. The van der Waals surface area contributed by atoms with Gasteiger partial charge in [-0.25, -0.2) is 9.59 Å². The molecule has 0 saturated carbocycles. The third-order valence-corrected chi connectivity index (χ3v) is 1.59. The summed E-state index contributed by atoms with van der Waals surface area (Å²) >= 11 is 0. The van der Waals surface area contributed by atoms with Gasteiger partial charge in [-0.1, -0.05) is 6.58 Å². The molecule has 1 aliphatic heterocycles. The minimum Gasteiger partial charge on any atom is -0.478 e. The zero-order chi connectivity index (χ0) is 10.0. The SMILES string of the molecule is C=C(CN1C(=O)CNC1=O)C(=O)O. The van der Waals surface area contributed by atoms with Crippen LogP contribution in [-0.2, 0) is 9.59 Å². The van der Waals surface area contributed by atoms with Crippen LogP contribution in [0.3, 0.4) is 0 Å². The summed E-state index contributed by atoms with van der Waals surface area (Å²) in [6.07, 6.45) is 0. The van der Waals surface area contributed by atoms with Crippen molar-refractivity contribution in [3.8, 4) is 0 Å². The van der Waals surface area contributed by atoms with E-state index >= 15 is 0 Å². The largest absolute Gasteiger partial charge is 0.478 e. The number of hydrogen-bond donors (Lipinski definition) is 2. The molecule has 1 rings (SSSR count). The first kappa shape index (κ1) is 9.24. The highest BCUT2D eigenvalue weighted by Crippen LogP contribution is 2.02. The Bertz CT molecular complexity index is 281. The van der Waals surface area contributed by atoms with Crippen molar-refractivity contribution in [2.24, 2.45) is 0 Å². The van der Waals surface area contributed by atoms with Gasteiger partial charge in [0.1, 0.15) is 0 Å². The summed E-state index contributed by atoms with van der Waals surface area (Å²) in [5.74, 6) is -1.65. The van der Waals surface area contributed by atoms with Crippen LogP contribution in [0.2, 0.25) is 0 Å². The first-order valence-electron chi connectivity index (χ1n) is 3.51. The van der Waals surface area contributed by atoms with Crippen LogP contribution >= 0.6 is 0 Å². The molecule has 1 fully saturated rings. The first-order chi connectivity index (χ1) is 6.02. The lowest BCUT2D eigenvalue weighted by atomic mass is 10.3. The van der Waals surface area contributed by atoms with Gasteiger partial charge < -0.3 is 10.4 Å². The summed E-state index contributed by atoms with van der Waals surface area (Å²) in [7, 11) is 0. The highest BCUT2D eigenvalue weighted by Gasteiger charge is 2.29. The van der Waals surface area contributed by atoms with Crippen LogP contribution in [0.1, 0.15) is 0 Å². The van der Waals surface area contributed by atoms with Gasteiger partial charge in [-0.2, -0.15) is 0 Å². The standard InChI is InChI=1S/C7H8N2O4/c1-4(6(11)12)3-9-5(10)2-8-7(9)13/h1-3H2,(H,8,13)(H,11,12). The van der Waals surface area contributed by atoms with Crippen molar-refractivity contribution in [2.75, 3.05) is 13.1 Å². The van der Waals surface area contributed by atoms with Crippen molar-refractivity contribution in [1.29, 1.82) is 0 Å². The van der Waals surface area contributed by atoms with Crippen LogP contribution in [0.15, 0.2) is 12.2 Å². The number of aliphatic carboxylic acids is 1. The molecule has 13 heavy (non-hydrogen) atoms. The summed E-state index contributed by atoms with van der Waals surface area (Å²) in [4.78, 5) is 33.0. The second kappa shape index (κ2) is 3.26. The fourth-order valence-electron chi connectivity index (χ4n) is 0.874. The number of carbonyl (C=O) groups excluding carboxylic acids is 2. The molecule has 0 atom stereocenters. The monoisotopic (exact) mass is 184 g/mol. The second-order valence-electron chi connectivity index (χ2n) is 2.55. The number of urea groups is 1. The zero-order valence-corrected chi connectivity index (χ0v) is 6.74. The van der Waals surface area contributed by atoms with E-state index in [-0.39, 0.29) is 18.7 Å². The minimum atomic E-state index is -1.22. The molecule has 1 heterocycles. The van der Waals surface area contributed by atoms with Gasteiger partial charge in [0.25, 0.3) is 0 Å². The number of carboxylic acids is 1. The Morgan fingerprint density at radius 2 is 2.23 bits per heavy atom. The fourth-order valence-corrected chi connectivity index (χ4v) is 0.874. The Labute approximate surface area is 73.8 Å². The molecule has 0 aliphatic carbocycles. The van der Waals surface area contributed by atoms with E-state index in [1.807, 2.05) is 0 Å². The van der Waals surface area contributed by atoms with E-state index < -0.39 is 17.9 Å². The lowest BCUT2D eigenvalue weighted by molar-refractivity contribution is -0.133. The van der Waals surface area contributed by atoms with Gasteiger partial charge in [0.05, 0.1) is 13.1 Å². The number of amides is 3. The lowest BCUT2D eigenvalue weighted by Gasteiger charge is -2.10. The Hall–Kier alpha value is -1.85. The van der Waals surface area contributed by atoms with Crippen molar-refractivity contribution >= 4 is 17.9 Å². The van der Waals surface area contributed by atoms with Gasteiger partial charge in [0.15, 0.2) is 0 Å². The molecule has 0 aromatic rings. The van der Waals surface area contributed by atoms with Crippen LogP contribution in [-0.4, -0.2) is 41.0 Å². The molecule has 1 saturated heterocycles. The van der Waals surface area contributed by atoms with E-state index in [4.69, 9.17) is 5.11 Å². The predicted octanol–water partition coefficient (Wildman–Crippen LogP) is -0.821. The Kier molecular flexibility index (Phi) is 2.32. The molecular formula is C7H8N2O4. The number of nitrogens with zero attached hydrogens (tertiary/aromatic N) is 1. The highest BCUT2D eigenvalue weighted by molar-refractivity contribution is 6.03. The molecule has 0 aromatic heterocycles. The molecule has 0 radical (unpaired) electrons. The number of nitrogens with one attached hydrogen (secondary N) is 1. The van der Waals surface area contributed by atoms with E-state index in [0.29, 0.717) is 0 Å². The zero-order valence-electron chi connectivity index (χ0n) is 6.74. The van der Waals surface area contributed by atoms with Crippen LogP contribution in [0.5, 0.6) is 0 Å². The van der Waals surface area contributed by atoms with Gasteiger partial charge in [-0.3, -0.25) is 9.69 Å². The number of rotatable bonds is 3. The van der Waals surface area contributed by atoms with Gasteiger partial charge in [-0.05, 0) is 0 Å². The normalized spacial score (nSPS) is 15.8. The molecule has 1 aliphatic rings. The molecule has 6 heteroatoms. The third kappa shape index (κ3) is 1.84. The summed E-state index contributed by atoms with van der Waals surface area (Å²) in [5.41, 5.74) is -0.189. The summed E-state index contributed by atoms with van der Waals surface area (Å²) in [6.45, 7) is 2.87. The number of hydrogen-bond acceptors (Lipinski definition) is 3. The van der Waals surface area contributed by atoms with E-state index in [1.54, 1.807) is 0 Å². The van der Waals surface area contributed by atoms with Crippen LogP contribution in [0.4, 0.5) is 4.79 Å². The Morgan fingerprint density at radius 3 is 2.62 bits per heavy atom. The Morgan fingerprint density at radius 1 is 1.62 bits per heavy atom. The summed E-state index contributed by atoms with van der Waals surface area (Å²) in [6, 6.07) is -0.576. The van der Waals surface area contributed by atoms with Crippen molar-refractivity contribution < 1.29 is 19.5 Å². The Balaban J connectivity index is 2.63.